The number of hydrogen-bond donors (Lipinski definition) is 1. The number of nitrogens with zero attached hydrogens (tertiary/aromatic N) is 2. The number of imidazole rings is 1. The van der Waals surface area contributed by atoms with Crippen molar-refractivity contribution < 1.29 is 13.5 Å². The van der Waals surface area contributed by atoms with Crippen LogP contribution in [0.5, 0.6) is 0 Å². The summed E-state index contributed by atoms with van der Waals surface area (Å²) in [5.74, 6) is -1.13. The molecule has 1 aromatic carbocycles. The van der Waals surface area contributed by atoms with Gasteiger partial charge in [-0.25, -0.2) is 13.8 Å². The largest absolute Gasteiger partial charge is 0.381 e. The van der Waals surface area contributed by atoms with Gasteiger partial charge in [-0.1, -0.05) is 6.92 Å². The highest BCUT2D eigenvalue weighted by Gasteiger charge is 2.13. The van der Waals surface area contributed by atoms with Crippen molar-refractivity contribution in [1.82, 2.24) is 9.55 Å². The van der Waals surface area contributed by atoms with Crippen molar-refractivity contribution in [3.8, 4) is 0 Å². The van der Waals surface area contributed by atoms with Gasteiger partial charge in [0.1, 0.15) is 11.3 Å². The van der Waals surface area contributed by atoms with Gasteiger partial charge in [0, 0.05) is 31.9 Å². The average molecular weight is 269 g/mol. The molecule has 104 valence electrons. The summed E-state index contributed by atoms with van der Waals surface area (Å²) in [5, 5.41) is 0. The summed E-state index contributed by atoms with van der Waals surface area (Å²) in [6.07, 6.45) is 1.68. The maximum atomic E-state index is 13.5. The highest BCUT2D eigenvalue weighted by Crippen LogP contribution is 2.22. The molecule has 0 aliphatic heterocycles. The number of rotatable bonds is 6. The molecule has 0 radical (unpaired) electrons. The summed E-state index contributed by atoms with van der Waals surface area (Å²) in [7, 11) is 0. The van der Waals surface area contributed by atoms with Crippen LogP contribution in [0.2, 0.25) is 0 Å². The van der Waals surface area contributed by atoms with E-state index in [-0.39, 0.29) is 11.5 Å². The molecule has 2 rings (SSSR count). The van der Waals surface area contributed by atoms with E-state index in [2.05, 4.69) is 4.98 Å². The molecule has 0 bridgehead atoms. The lowest BCUT2D eigenvalue weighted by atomic mass is 10.3. The standard InChI is InChI=1S/C13H17F2N3O/c1-2-5-19-6-3-4-18-11-8-9(14)7-10(15)12(11)17-13(18)16/h7-8H,2-6H2,1H3,(H2,16,17). The SMILES string of the molecule is CCCOCCCn1c(N)nc2c(F)cc(F)cc21. The van der Waals surface area contributed by atoms with Crippen molar-refractivity contribution in [1.29, 1.82) is 0 Å². The fourth-order valence-corrected chi connectivity index (χ4v) is 1.97. The summed E-state index contributed by atoms with van der Waals surface area (Å²) in [6.45, 7) is 3.86. The number of hydrogen-bond acceptors (Lipinski definition) is 3. The van der Waals surface area contributed by atoms with Crippen molar-refractivity contribution in [2.45, 2.75) is 26.3 Å². The van der Waals surface area contributed by atoms with E-state index in [1.54, 1.807) is 4.57 Å². The Morgan fingerprint density at radius 2 is 2.11 bits per heavy atom. The monoisotopic (exact) mass is 269 g/mol. The van der Waals surface area contributed by atoms with Gasteiger partial charge in [0.2, 0.25) is 5.95 Å². The molecule has 1 heterocycles. The lowest BCUT2D eigenvalue weighted by Gasteiger charge is -2.07. The van der Waals surface area contributed by atoms with Crippen LogP contribution in [0.25, 0.3) is 11.0 Å². The van der Waals surface area contributed by atoms with Gasteiger partial charge in [-0.15, -0.1) is 0 Å². The van der Waals surface area contributed by atoms with Crippen LogP contribution in [-0.2, 0) is 11.3 Å². The molecular weight excluding hydrogens is 252 g/mol. The molecule has 1 aromatic heterocycles. The van der Waals surface area contributed by atoms with Gasteiger partial charge in [-0.3, -0.25) is 0 Å². The Bertz CT molecular complexity index is 569. The number of nitrogen functional groups attached to an aromatic ring is 1. The van der Waals surface area contributed by atoms with Gasteiger partial charge >= 0.3 is 0 Å². The molecule has 0 saturated carbocycles. The first-order chi connectivity index (χ1) is 9.13. The lowest BCUT2D eigenvalue weighted by Crippen LogP contribution is -2.06. The fourth-order valence-electron chi connectivity index (χ4n) is 1.97. The Hall–Kier alpha value is -1.69. The van der Waals surface area contributed by atoms with Gasteiger partial charge in [-0.2, -0.15) is 0 Å². The third-order valence-corrected chi connectivity index (χ3v) is 2.82. The van der Waals surface area contributed by atoms with E-state index < -0.39 is 11.6 Å². The molecule has 0 spiro atoms. The minimum absolute atomic E-state index is 0.105. The maximum Gasteiger partial charge on any atom is 0.201 e. The first kappa shape index (κ1) is 13.7. The average Bonchev–Trinajstić information content (AvgIpc) is 2.67. The van der Waals surface area contributed by atoms with Gasteiger partial charge < -0.3 is 15.0 Å². The normalized spacial score (nSPS) is 11.3. The third kappa shape index (κ3) is 3.01. The molecule has 0 amide bonds. The molecule has 0 aliphatic rings. The van der Waals surface area contributed by atoms with E-state index in [4.69, 9.17) is 10.5 Å². The number of aromatic nitrogens is 2. The molecule has 0 saturated heterocycles. The van der Waals surface area contributed by atoms with Crippen molar-refractivity contribution in [2.24, 2.45) is 0 Å². The van der Waals surface area contributed by atoms with E-state index in [0.29, 0.717) is 31.7 Å². The Morgan fingerprint density at radius 1 is 1.32 bits per heavy atom. The molecule has 19 heavy (non-hydrogen) atoms. The second-order valence-corrected chi connectivity index (χ2v) is 4.34. The Morgan fingerprint density at radius 3 is 2.84 bits per heavy atom. The van der Waals surface area contributed by atoms with Crippen LogP contribution < -0.4 is 5.73 Å². The van der Waals surface area contributed by atoms with E-state index in [1.165, 1.54) is 6.07 Å². The van der Waals surface area contributed by atoms with Crippen LogP contribution in [-0.4, -0.2) is 22.8 Å². The smallest absolute Gasteiger partial charge is 0.201 e. The maximum absolute atomic E-state index is 13.5. The van der Waals surface area contributed by atoms with Crippen molar-refractivity contribution in [3.63, 3.8) is 0 Å². The molecule has 4 nitrogen and oxygen atoms in total. The predicted octanol–water partition coefficient (Wildman–Crippen LogP) is 2.71. The minimum atomic E-state index is -0.692. The Balaban J connectivity index is 2.16. The summed E-state index contributed by atoms with van der Waals surface area (Å²) in [6, 6.07) is 2.05. The number of anilines is 1. The predicted molar refractivity (Wildman–Crippen MR) is 69.8 cm³/mol. The number of halogens is 2. The van der Waals surface area contributed by atoms with Gasteiger partial charge in [0.25, 0.3) is 0 Å². The highest BCUT2D eigenvalue weighted by molar-refractivity contribution is 5.79. The number of nitrogens with two attached hydrogens (primary N) is 1. The van der Waals surface area contributed by atoms with Gasteiger partial charge in [0.05, 0.1) is 5.52 Å². The van der Waals surface area contributed by atoms with E-state index in [1.807, 2.05) is 6.92 Å². The zero-order chi connectivity index (χ0) is 13.8. The topological polar surface area (TPSA) is 53.1 Å². The quantitative estimate of drug-likeness (QED) is 0.820. The second-order valence-electron chi connectivity index (χ2n) is 4.34. The van der Waals surface area contributed by atoms with Crippen LogP contribution in [0.15, 0.2) is 12.1 Å². The summed E-state index contributed by atoms with van der Waals surface area (Å²) in [4.78, 5) is 3.93. The van der Waals surface area contributed by atoms with Crippen LogP contribution in [0, 0.1) is 11.6 Å². The zero-order valence-corrected chi connectivity index (χ0v) is 10.8. The Labute approximate surface area is 110 Å². The van der Waals surface area contributed by atoms with Crippen LogP contribution in [0.4, 0.5) is 14.7 Å². The summed E-state index contributed by atoms with van der Waals surface area (Å²) in [5.41, 5.74) is 6.22. The van der Waals surface area contributed by atoms with Gasteiger partial charge in [-0.05, 0) is 12.8 Å². The van der Waals surface area contributed by atoms with E-state index >= 15 is 0 Å². The molecule has 2 aromatic rings. The first-order valence-electron chi connectivity index (χ1n) is 6.32. The lowest BCUT2D eigenvalue weighted by molar-refractivity contribution is 0.129. The highest BCUT2D eigenvalue weighted by atomic mass is 19.1. The molecule has 2 N–H and O–H groups in total. The number of fused-ring (bicyclic) bond motifs is 1. The molecular formula is C13H17F2N3O. The second kappa shape index (κ2) is 5.97. The van der Waals surface area contributed by atoms with Crippen molar-refractivity contribution in [2.75, 3.05) is 18.9 Å². The number of aryl methyl sites for hydroxylation is 1. The molecule has 0 atom stereocenters. The third-order valence-electron chi connectivity index (χ3n) is 2.82. The zero-order valence-electron chi connectivity index (χ0n) is 10.8. The number of benzene rings is 1. The van der Waals surface area contributed by atoms with Crippen LogP contribution in [0.3, 0.4) is 0 Å². The van der Waals surface area contributed by atoms with Crippen LogP contribution >= 0.6 is 0 Å². The first-order valence-corrected chi connectivity index (χ1v) is 6.32. The van der Waals surface area contributed by atoms with Crippen molar-refractivity contribution in [3.05, 3.63) is 23.8 Å². The van der Waals surface area contributed by atoms with Gasteiger partial charge in [0.15, 0.2) is 5.82 Å². The molecule has 0 fully saturated rings. The van der Waals surface area contributed by atoms with E-state index in [0.717, 1.165) is 12.5 Å². The number of ether oxygens (including phenoxy) is 1. The molecule has 6 heteroatoms. The molecule has 0 unspecified atom stereocenters. The van der Waals surface area contributed by atoms with Crippen molar-refractivity contribution >= 4 is 17.0 Å². The fraction of sp³-hybridized carbons (Fsp3) is 0.462. The minimum Gasteiger partial charge on any atom is -0.381 e. The molecule has 0 aliphatic carbocycles. The van der Waals surface area contributed by atoms with Crippen LogP contribution in [0.1, 0.15) is 19.8 Å². The summed E-state index contributed by atoms with van der Waals surface area (Å²) >= 11 is 0. The van der Waals surface area contributed by atoms with E-state index in [9.17, 15) is 8.78 Å². The Kier molecular flexibility index (Phi) is 4.31. The summed E-state index contributed by atoms with van der Waals surface area (Å²) < 4.78 is 33.7.